The molecule has 0 heterocycles. The summed E-state index contributed by atoms with van der Waals surface area (Å²) in [6, 6.07) is 3.83. The van der Waals surface area contributed by atoms with Gasteiger partial charge in [-0.2, -0.15) is 0 Å². The van der Waals surface area contributed by atoms with Crippen molar-refractivity contribution in [3.05, 3.63) is 29.8 Å². The van der Waals surface area contributed by atoms with Gasteiger partial charge in [-0.25, -0.2) is 0 Å². The van der Waals surface area contributed by atoms with Gasteiger partial charge in [0.15, 0.2) is 0 Å². The number of hydrogen-bond acceptors (Lipinski definition) is 3. The van der Waals surface area contributed by atoms with Gasteiger partial charge in [-0.1, -0.05) is 19.1 Å². The number of nitrogens with one attached hydrogen (secondary N) is 1. The van der Waals surface area contributed by atoms with Crippen LogP contribution in [-0.4, -0.2) is 24.0 Å². The van der Waals surface area contributed by atoms with Gasteiger partial charge >= 0.3 is 12.3 Å². The fourth-order valence-electron chi connectivity index (χ4n) is 1.44. The van der Waals surface area contributed by atoms with Crippen molar-refractivity contribution < 1.29 is 27.8 Å². The summed E-state index contributed by atoms with van der Waals surface area (Å²) in [5.41, 5.74) is 0.200. The molecule has 0 spiro atoms. The summed E-state index contributed by atoms with van der Waals surface area (Å²) in [6.45, 7) is 2.08. The van der Waals surface area contributed by atoms with Crippen LogP contribution in [0.15, 0.2) is 24.3 Å². The molecule has 1 aromatic rings. The molecule has 0 saturated carbocycles. The SMILES string of the molecule is CCNC(C(=O)O)c1cccc(OC(F)(F)F)c1. The van der Waals surface area contributed by atoms with Crippen LogP contribution < -0.4 is 10.1 Å². The predicted molar refractivity (Wildman–Crippen MR) is 57.2 cm³/mol. The van der Waals surface area contributed by atoms with Crippen LogP contribution in [-0.2, 0) is 4.79 Å². The second kappa shape index (κ2) is 5.72. The van der Waals surface area contributed by atoms with Gasteiger partial charge in [-0.05, 0) is 24.2 Å². The Morgan fingerprint density at radius 2 is 2.17 bits per heavy atom. The van der Waals surface area contributed by atoms with Crippen LogP contribution in [0.4, 0.5) is 13.2 Å². The van der Waals surface area contributed by atoms with Crippen LogP contribution in [0.5, 0.6) is 5.75 Å². The lowest BCUT2D eigenvalue weighted by atomic mass is 10.1. The number of halogens is 3. The van der Waals surface area contributed by atoms with Crippen molar-refractivity contribution in [2.75, 3.05) is 6.54 Å². The lowest BCUT2D eigenvalue weighted by Gasteiger charge is -2.15. The molecular weight excluding hydrogens is 251 g/mol. The lowest BCUT2D eigenvalue weighted by Crippen LogP contribution is -2.28. The van der Waals surface area contributed by atoms with Crippen molar-refractivity contribution in [3.8, 4) is 5.75 Å². The van der Waals surface area contributed by atoms with E-state index < -0.39 is 24.1 Å². The Hall–Kier alpha value is -1.76. The number of carboxylic acids is 1. The minimum Gasteiger partial charge on any atom is -0.480 e. The highest BCUT2D eigenvalue weighted by atomic mass is 19.4. The minimum atomic E-state index is -4.80. The number of ether oxygens (including phenoxy) is 1. The molecule has 1 unspecified atom stereocenters. The Balaban J connectivity index is 2.95. The molecule has 0 aliphatic heterocycles. The van der Waals surface area contributed by atoms with Crippen LogP contribution in [0.25, 0.3) is 0 Å². The number of likely N-dealkylation sites (N-methyl/N-ethyl adjacent to an activating group) is 1. The van der Waals surface area contributed by atoms with E-state index in [1.54, 1.807) is 6.92 Å². The van der Waals surface area contributed by atoms with E-state index in [-0.39, 0.29) is 5.56 Å². The first-order valence-corrected chi connectivity index (χ1v) is 5.15. The third-order valence-corrected chi connectivity index (χ3v) is 2.08. The number of aliphatic carboxylic acids is 1. The quantitative estimate of drug-likeness (QED) is 0.856. The first-order chi connectivity index (χ1) is 8.33. The molecule has 0 aliphatic carbocycles. The molecule has 1 aromatic carbocycles. The minimum absolute atomic E-state index is 0.200. The van der Waals surface area contributed by atoms with Crippen molar-refractivity contribution in [3.63, 3.8) is 0 Å². The fourth-order valence-corrected chi connectivity index (χ4v) is 1.44. The average molecular weight is 263 g/mol. The molecule has 0 amide bonds. The molecule has 1 atom stereocenters. The molecule has 0 aromatic heterocycles. The highest BCUT2D eigenvalue weighted by Crippen LogP contribution is 2.25. The summed E-state index contributed by atoms with van der Waals surface area (Å²) in [6.07, 6.45) is -4.80. The first kappa shape index (κ1) is 14.3. The van der Waals surface area contributed by atoms with Crippen molar-refractivity contribution in [2.24, 2.45) is 0 Å². The van der Waals surface area contributed by atoms with Gasteiger partial charge in [0.1, 0.15) is 11.8 Å². The maximum Gasteiger partial charge on any atom is 0.573 e. The molecule has 1 rings (SSSR count). The standard InChI is InChI=1S/C11H12F3NO3/c1-2-15-9(10(16)17)7-4-3-5-8(6-7)18-11(12,13)14/h3-6,9,15H,2H2,1H3,(H,16,17). The van der Waals surface area contributed by atoms with Crippen molar-refractivity contribution in [1.82, 2.24) is 5.32 Å². The molecule has 4 nitrogen and oxygen atoms in total. The summed E-state index contributed by atoms with van der Waals surface area (Å²) in [5, 5.41) is 11.6. The number of hydrogen-bond donors (Lipinski definition) is 2. The van der Waals surface area contributed by atoms with Crippen LogP contribution >= 0.6 is 0 Å². The number of carbonyl (C=O) groups is 1. The average Bonchev–Trinajstić information content (AvgIpc) is 2.23. The molecule has 0 fully saturated rings. The Morgan fingerprint density at radius 3 is 2.67 bits per heavy atom. The molecule has 100 valence electrons. The Bertz CT molecular complexity index is 420. The molecule has 2 N–H and O–H groups in total. The molecule has 0 radical (unpaired) electrons. The van der Waals surface area contributed by atoms with Crippen molar-refractivity contribution in [2.45, 2.75) is 19.3 Å². The topological polar surface area (TPSA) is 58.6 Å². The zero-order valence-corrected chi connectivity index (χ0v) is 9.49. The van der Waals surface area contributed by atoms with Gasteiger partial charge < -0.3 is 15.2 Å². The van der Waals surface area contributed by atoms with Crippen molar-refractivity contribution >= 4 is 5.97 Å². The molecule has 0 aliphatic rings. The van der Waals surface area contributed by atoms with E-state index in [0.717, 1.165) is 12.1 Å². The van der Waals surface area contributed by atoms with E-state index in [0.29, 0.717) is 6.54 Å². The summed E-state index contributed by atoms with van der Waals surface area (Å²) < 4.78 is 39.8. The van der Waals surface area contributed by atoms with E-state index in [2.05, 4.69) is 10.1 Å². The largest absolute Gasteiger partial charge is 0.573 e. The smallest absolute Gasteiger partial charge is 0.480 e. The Kier molecular flexibility index (Phi) is 4.55. The summed E-state index contributed by atoms with van der Waals surface area (Å²) in [5.74, 6) is -1.61. The van der Waals surface area contributed by atoms with Crippen LogP contribution in [0, 0.1) is 0 Å². The van der Waals surface area contributed by atoms with Crippen molar-refractivity contribution in [1.29, 1.82) is 0 Å². The number of rotatable bonds is 5. The highest BCUT2D eigenvalue weighted by molar-refractivity contribution is 5.75. The maximum atomic E-state index is 12.0. The zero-order valence-electron chi connectivity index (χ0n) is 9.49. The lowest BCUT2D eigenvalue weighted by molar-refractivity contribution is -0.274. The molecule has 7 heteroatoms. The Labute approximate surface area is 101 Å². The number of carboxylic acid groups (broad SMARTS) is 1. The second-order valence-corrected chi connectivity index (χ2v) is 3.45. The molecule has 0 saturated heterocycles. The normalized spacial score (nSPS) is 13.1. The third kappa shape index (κ3) is 4.25. The van der Waals surface area contributed by atoms with E-state index in [1.807, 2.05) is 0 Å². The summed E-state index contributed by atoms with van der Waals surface area (Å²) in [4.78, 5) is 11.0. The predicted octanol–water partition coefficient (Wildman–Crippen LogP) is 2.32. The second-order valence-electron chi connectivity index (χ2n) is 3.45. The fraction of sp³-hybridized carbons (Fsp3) is 0.364. The number of benzene rings is 1. The van der Waals surface area contributed by atoms with Gasteiger partial charge in [-0.15, -0.1) is 13.2 Å². The van der Waals surface area contributed by atoms with Gasteiger partial charge in [0.25, 0.3) is 0 Å². The third-order valence-electron chi connectivity index (χ3n) is 2.08. The van der Waals surface area contributed by atoms with E-state index in [4.69, 9.17) is 5.11 Å². The number of alkyl halides is 3. The van der Waals surface area contributed by atoms with Crippen LogP contribution in [0.2, 0.25) is 0 Å². The van der Waals surface area contributed by atoms with Gasteiger partial charge in [-0.3, -0.25) is 4.79 Å². The summed E-state index contributed by atoms with van der Waals surface area (Å²) >= 11 is 0. The zero-order chi connectivity index (χ0) is 13.8. The monoisotopic (exact) mass is 263 g/mol. The van der Waals surface area contributed by atoms with Crippen LogP contribution in [0.3, 0.4) is 0 Å². The first-order valence-electron chi connectivity index (χ1n) is 5.15. The van der Waals surface area contributed by atoms with Gasteiger partial charge in [0.05, 0.1) is 0 Å². The van der Waals surface area contributed by atoms with E-state index in [9.17, 15) is 18.0 Å². The van der Waals surface area contributed by atoms with Gasteiger partial charge in [0.2, 0.25) is 0 Å². The van der Waals surface area contributed by atoms with E-state index >= 15 is 0 Å². The van der Waals surface area contributed by atoms with Gasteiger partial charge in [0, 0.05) is 0 Å². The molecular formula is C11H12F3NO3. The van der Waals surface area contributed by atoms with Crippen LogP contribution in [0.1, 0.15) is 18.5 Å². The maximum absolute atomic E-state index is 12.0. The summed E-state index contributed by atoms with van der Waals surface area (Å²) in [7, 11) is 0. The molecule has 18 heavy (non-hydrogen) atoms. The van der Waals surface area contributed by atoms with E-state index in [1.165, 1.54) is 12.1 Å². The Morgan fingerprint density at radius 1 is 1.50 bits per heavy atom. The molecule has 0 bridgehead atoms. The highest BCUT2D eigenvalue weighted by Gasteiger charge is 2.31.